The van der Waals surface area contributed by atoms with E-state index in [1.54, 1.807) is 19.1 Å². The normalized spacial score (nSPS) is 18.4. The summed E-state index contributed by atoms with van der Waals surface area (Å²) in [5.41, 5.74) is 5.44. The summed E-state index contributed by atoms with van der Waals surface area (Å²) in [6, 6.07) is 3.48. The van der Waals surface area contributed by atoms with Crippen molar-refractivity contribution in [3.63, 3.8) is 0 Å². The monoisotopic (exact) mass is 512 g/mol. The number of hydrogen-bond donors (Lipinski definition) is 3. The molecule has 5 heteroatoms. The minimum atomic E-state index is -0.727. The molecule has 1 rings (SSSR count). The molecule has 0 saturated carbocycles. The van der Waals surface area contributed by atoms with Gasteiger partial charge in [0.25, 0.3) is 0 Å². The highest BCUT2D eigenvalue weighted by molar-refractivity contribution is 5.25. The van der Waals surface area contributed by atoms with Crippen LogP contribution < -0.4 is 5.63 Å². The zero-order valence-corrected chi connectivity index (χ0v) is 24.2. The molecule has 5 nitrogen and oxygen atoms in total. The summed E-state index contributed by atoms with van der Waals surface area (Å²) >= 11 is 0. The topological polar surface area (TPSA) is 90.9 Å². The number of hydrogen-bond acceptors (Lipinski definition) is 5. The highest BCUT2D eigenvalue weighted by Gasteiger charge is 2.22. The fourth-order valence-corrected chi connectivity index (χ4v) is 4.19. The van der Waals surface area contributed by atoms with Crippen LogP contribution in [0.4, 0.5) is 0 Å². The molecule has 0 aliphatic rings. The third kappa shape index (κ3) is 10.8. The lowest BCUT2D eigenvalue weighted by Crippen LogP contribution is -2.29. The first kappa shape index (κ1) is 32.6. The van der Waals surface area contributed by atoms with E-state index < -0.39 is 18.3 Å². The maximum Gasteiger partial charge on any atom is 0.338 e. The van der Waals surface area contributed by atoms with Crippen molar-refractivity contribution in [3.05, 3.63) is 92.1 Å². The zero-order valence-electron chi connectivity index (χ0n) is 24.2. The van der Waals surface area contributed by atoms with Gasteiger partial charge in [0.05, 0.1) is 18.3 Å². The Bertz CT molecular complexity index is 1080. The molecule has 37 heavy (non-hydrogen) atoms. The van der Waals surface area contributed by atoms with Crippen LogP contribution in [0.25, 0.3) is 0 Å². The molecule has 1 aromatic rings. The van der Waals surface area contributed by atoms with Gasteiger partial charge in [0.2, 0.25) is 0 Å². The summed E-state index contributed by atoms with van der Waals surface area (Å²) in [5, 5.41) is 31.5. The molecule has 1 heterocycles. The molecule has 0 amide bonds. The van der Waals surface area contributed by atoms with E-state index in [-0.39, 0.29) is 17.5 Å². The van der Waals surface area contributed by atoms with Gasteiger partial charge >= 0.3 is 5.63 Å². The van der Waals surface area contributed by atoms with Crippen LogP contribution in [0.2, 0.25) is 0 Å². The largest absolute Gasteiger partial charge is 0.427 e. The minimum Gasteiger partial charge on any atom is -0.427 e. The van der Waals surface area contributed by atoms with Crippen LogP contribution in [0.3, 0.4) is 0 Å². The van der Waals surface area contributed by atoms with Crippen LogP contribution in [-0.4, -0.2) is 33.6 Å². The fourth-order valence-electron chi connectivity index (χ4n) is 4.19. The van der Waals surface area contributed by atoms with Gasteiger partial charge in [-0.15, -0.1) is 0 Å². The molecule has 0 saturated heterocycles. The van der Waals surface area contributed by atoms with Gasteiger partial charge in [-0.2, -0.15) is 0 Å². The van der Waals surface area contributed by atoms with E-state index in [2.05, 4.69) is 26.0 Å². The predicted octanol–water partition coefficient (Wildman–Crippen LogP) is 6.69. The van der Waals surface area contributed by atoms with Crippen molar-refractivity contribution in [3.8, 4) is 0 Å². The van der Waals surface area contributed by atoms with Gasteiger partial charge < -0.3 is 19.7 Å². The Labute approximate surface area is 223 Å². The molecule has 0 spiro atoms. The van der Waals surface area contributed by atoms with E-state index in [9.17, 15) is 20.1 Å². The van der Waals surface area contributed by atoms with Gasteiger partial charge in [-0.1, -0.05) is 60.9 Å². The lowest BCUT2D eigenvalue weighted by molar-refractivity contribution is 0.0415. The van der Waals surface area contributed by atoms with E-state index in [0.29, 0.717) is 24.2 Å². The highest BCUT2D eigenvalue weighted by atomic mass is 16.4. The maximum atomic E-state index is 11.8. The first-order valence-corrected chi connectivity index (χ1v) is 13.2. The summed E-state index contributed by atoms with van der Waals surface area (Å²) in [7, 11) is 0. The molecule has 0 aromatic carbocycles. The van der Waals surface area contributed by atoms with Gasteiger partial charge in [0.1, 0.15) is 5.76 Å². The second-order valence-corrected chi connectivity index (χ2v) is 10.5. The van der Waals surface area contributed by atoms with Crippen molar-refractivity contribution in [1.29, 1.82) is 0 Å². The van der Waals surface area contributed by atoms with E-state index in [1.807, 2.05) is 59.8 Å². The second kappa shape index (κ2) is 15.7. The van der Waals surface area contributed by atoms with Crippen LogP contribution in [-0.2, 0) is 0 Å². The molecule has 0 fully saturated rings. The quantitative estimate of drug-likeness (QED) is 0.202. The predicted molar refractivity (Wildman–Crippen MR) is 154 cm³/mol. The molecule has 0 aliphatic carbocycles. The van der Waals surface area contributed by atoms with Gasteiger partial charge in [0, 0.05) is 17.4 Å². The van der Waals surface area contributed by atoms with E-state index in [1.165, 1.54) is 11.1 Å². The lowest BCUT2D eigenvalue weighted by atomic mass is 9.91. The Hall–Kier alpha value is -2.47. The Balaban J connectivity index is 2.68. The summed E-state index contributed by atoms with van der Waals surface area (Å²) in [5.74, 6) is -0.0618. The Morgan fingerprint density at radius 1 is 0.919 bits per heavy atom. The van der Waals surface area contributed by atoms with Gasteiger partial charge in [-0.25, -0.2) is 4.79 Å². The van der Waals surface area contributed by atoms with Crippen LogP contribution in [0, 0.1) is 12.8 Å². The Morgan fingerprint density at radius 3 is 2.16 bits per heavy atom. The minimum absolute atomic E-state index is 0.232. The molecule has 0 bridgehead atoms. The molecular weight excluding hydrogens is 464 g/mol. The fraction of sp³-hybridized carbons (Fsp3) is 0.531. The van der Waals surface area contributed by atoms with Crippen molar-refractivity contribution in [1.82, 2.24) is 0 Å². The van der Waals surface area contributed by atoms with Crippen molar-refractivity contribution < 1.29 is 19.7 Å². The average Bonchev–Trinajstić information content (AvgIpc) is 2.86. The lowest BCUT2D eigenvalue weighted by Gasteiger charge is -2.24. The Kier molecular flexibility index (Phi) is 13.8. The van der Waals surface area contributed by atoms with Crippen molar-refractivity contribution >= 4 is 0 Å². The van der Waals surface area contributed by atoms with E-state index in [4.69, 9.17) is 4.42 Å². The molecule has 1 aromatic heterocycles. The van der Waals surface area contributed by atoms with Gasteiger partial charge in [0.15, 0.2) is 0 Å². The van der Waals surface area contributed by atoms with Crippen LogP contribution in [0.15, 0.2) is 79.6 Å². The van der Waals surface area contributed by atoms with E-state index in [0.717, 1.165) is 23.1 Å². The van der Waals surface area contributed by atoms with Crippen LogP contribution in [0.5, 0.6) is 0 Å². The summed E-state index contributed by atoms with van der Waals surface area (Å²) in [6.45, 7) is 17.3. The van der Waals surface area contributed by atoms with E-state index >= 15 is 0 Å². The van der Waals surface area contributed by atoms with Crippen molar-refractivity contribution in [2.24, 2.45) is 5.92 Å². The molecule has 5 atom stereocenters. The zero-order chi connectivity index (χ0) is 28.3. The van der Waals surface area contributed by atoms with Crippen LogP contribution >= 0.6 is 0 Å². The first-order chi connectivity index (χ1) is 17.3. The number of allylic oxidation sites excluding steroid dienone is 7. The van der Waals surface area contributed by atoms with Gasteiger partial charge in [-0.3, -0.25) is 0 Å². The molecule has 3 N–H and O–H groups in total. The molecular formula is C32H48O5. The highest BCUT2D eigenvalue weighted by Crippen LogP contribution is 2.24. The first-order valence-electron chi connectivity index (χ1n) is 13.2. The smallest absolute Gasteiger partial charge is 0.338 e. The number of aliphatic hydroxyl groups excluding tert-OH is 3. The van der Waals surface area contributed by atoms with Crippen molar-refractivity contribution in [2.45, 2.75) is 106 Å². The van der Waals surface area contributed by atoms with Crippen LogP contribution in [0.1, 0.15) is 91.9 Å². The number of aryl methyl sites for hydroxylation is 1. The van der Waals surface area contributed by atoms with Gasteiger partial charge in [-0.05, 0) is 91.0 Å². The molecule has 0 aliphatic heterocycles. The van der Waals surface area contributed by atoms with Crippen molar-refractivity contribution in [2.75, 3.05) is 0 Å². The summed E-state index contributed by atoms with van der Waals surface area (Å²) < 4.78 is 5.33. The summed E-state index contributed by atoms with van der Waals surface area (Å²) in [6.07, 6.45) is 10.3. The molecule has 0 radical (unpaired) electrons. The number of rotatable bonds is 13. The molecule has 206 valence electrons. The number of aliphatic hydroxyl groups is 3. The maximum absolute atomic E-state index is 11.8. The summed E-state index contributed by atoms with van der Waals surface area (Å²) in [4.78, 5) is 11.8. The second-order valence-electron chi connectivity index (χ2n) is 10.5. The third-order valence-electron chi connectivity index (χ3n) is 7.07. The SMILES string of the molecule is C/C=C(\C)[C@@H](O)[C@H](C)[C@H](O)C/C=C(C)/C=C(\C)C/C(C)=C/C/C=C(\C)[C@@H](O)[C@@H](C)c1ccc(C)c(=O)o1. The average molecular weight is 513 g/mol. The Morgan fingerprint density at radius 2 is 1.57 bits per heavy atom. The standard InChI is InChI=1S/C32H48O5/c1-10-23(5)30(34)26(8)28(33)16-14-21(3)19-22(4)18-20(2)12-11-13-24(6)31(35)27(9)29-17-15-25(7)32(36)37-29/h10,12-15,17,19,26-28,30-31,33-35H,11,16,18H2,1-9H3/b20-12+,21-14+,22-19+,23-10+,24-13+/t26-,27+,28-,30-,31-/m1/s1. The molecule has 0 unspecified atom stereocenters. The third-order valence-corrected chi connectivity index (χ3v) is 7.07.